The number of rotatable bonds is 0. The van der Waals surface area contributed by atoms with E-state index in [2.05, 4.69) is 5.32 Å². The smallest absolute Gasteiger partial charge is 0.169 e. The van der Waals surface area contributed by atoms with Gasteiger partial charge in [-0.3, -0.25) is 0 Å². The summed E-state index contributed by atoms with van der Waals surface area (Å²) >= 11 is 0. The van der Waals surface area contributed by atoms with Crippen LogP contribution in [0.25, 0.3) is 0 Å². The molecule has 0 bridgehead atoms. The molecule has 2 saturated heterocycles. The Morgan fingerprint density at radius 2 is 1.62 bits per heavy atom. The molecule has 0 atom stereocenters. The van der Waals surface area contributed by atoms with E-state index >= 15 is 0 Å². The summed E-state index contributed by atoms with van der Waals surface area (Å²) in [7, 11) is 0. The van der Waals surface area contributed by atoms with E-state index in [1.54, 1.807) is 0 Å². The Balaban J connectivity index is 1.97. The van der Waals surface area contributed by atoms with Crippen molar-refractivity contribution in [1.29, 1.82) is 0 Å². The van der Waals surface area contributed by atoms with Crippen molar-refractivity contribution in [2.24, 2.45) is 0 Å². The molecule has 3 heteroatoms. The first-order valence-corrected chi connectivity index (χ1v) is 5.40. The van der Waals surface area contributed by atoms with Crippen molar-refractivity contribution in [2.45, 2.75) is 37.9 Å². The largest absolute Gasteiger partial charge is 0.350 e. The molecular formula is C10H19NO2. The summed E-state index contributed by atoms with van der Waals surface area (Å²) in [5, 5.41) is 3.38. The van der Waals surface area contributed by atoms with Gasteiger partial charge < -0.3 is 14.8 Å². The highest BCUT2D eigenvalue weighted by Crippen LogP contribution is 2.28. The molecule has 0 amide bonds. The average Bonchev–Trinajstić information content (AvgIpc) is 2.50. The Morgan fingerprint density at radius 3 is 2.38 bits per heavy atom. The minimum atomic E-state index is -0.236. The van der Waals surface area contributed by atoms with Gasteiger partial charge in [0.05, 0.1) is 13.2 Å². The zero-order chi connectivity index (χ0) is 8.99. The van der Waals surface area contributed by atoms with Crippen LogP contribution in [0.5, 0.6) is 0 Å². The van der Waals surface area contributed by atoms with Gasteiger partial charge in [0.1, 0.15) is 0 Å². The lowest BCUT2D eigenvalue weighted by Gasteiger charge is -2.30. The maximum Gasteiger partial charge on any atom is 0.169 e. The number of ether oxygens (including phenoxy) is 2. The summed E-state index contributed by atoms with van der Waals surface area (Å²) < 4.78 is 11.7. The van der Waals surface area contributed by atoms with E-state index in [4.69, 9.17) is 9.47 Å². The second-order valence-electron chi connectivity index (χ2n) is 3.92. The molecule has 0 saturated carbocycles. The molecular weight excluding hydrogens is 166 g/mol. The molecule has 1 N–H and O–H groups in total. The zero-order valence-corrected chi connectivity index (χ0v) is 8.18. The van der Waals surface area contributed by atoms with E-state index in [1.807, 2.05) is 0 Å². The van der Waals surface area contributed by atoms with Crippen molar-refractivity contribution >= 4 is 0 Å². The summed E-state index contributed by atoms with van der Waals surface area (Å²) in [6, 6.07) is 0. The normalized spacial score (nSPS) is 29.5. The minimum Gasteiger partial charge on any atom is -0.350 e. The summed E-state index contributed by atoms with van der Waals surface area (Å²) in [4.78, 5) is 0. The zero-order valence-electron chi connectivity index (χ0n) is 8.18. The van der Waals surface area contributed by atoms with Crippen LogP contribution in [0.2, 0.25) is 0 Å². The Kier molecular flexibility index (Phi) is 3.19. The minimum absolute atomic E-state index is 0.236. The molecule has 2 aliphatic rings. The van der Waals surface area contributed by atoms with Crippen LogP contribution in [0.4, 0.5) is 0 Å². The molecule has 0 aromatic heterocycles. The van der Waals surface area contributed by atoms with Gasteiger partial charge in [0.25, 0.3) is 0 Å². The quantitative estimate of drug-likeness (QED) is 0.616. The summed E-state index contributed by atoms with van der Waals surface area (Å²) in [6.45, 7) is 3.88. The van der Waals surface area contributed by atoms with E-state index in [0.29, 0.717) is 0 Å². The van der Waals surface area contributed by atoms with E-state index in [9.17, 15) is 0 Å². The van der Waals surface area contributed by atoms with Gasteiger partial charge in [-0.25, -0.2) is 0 Å². The van der Waals surface area contributed by atoms with Crippen molar-refractivity contribution in [2.75, 3.05) is 26.3 Å². The number of hydrogen-bond donors (Lipinski definition) is 1. The number of nitrogens with one attached hydrogen (secondary N) is 1. The molecule has 2 aliphatic heterocycles. The van der Waals surface area contributed by atoms with Gasteiger partial charge in [-0.2, -0.15) is 0 Å². The molecule has 0 aliphatic carbocycles. The predicted molar refractivity (Wildman–Crippen MR) is 50.6 cm³/mol. The Bertz CT molecular complexity index is 123. The highest BCUT2D eigenvalue weighted by atomic mass is 16.7. The molecule has 0 radical (unpaired) electrons. The maximum atomic E-state index is 5.85. The highest BCUT2D eigenvalue weighted by Gasteiger charge is 2.33. The van der Waals surface area contributed by atoms with Crippen LogP contribution >= 0.6 is 0 Å². The third kappa shape index (κ3) is 2.42. The van der Waals surface area contributed by atoms with Crippen LogP contribution < -0.4 is 5.32 Å². The number of hydrogen-bond acceptors (Lipinski definition) is 3. The molecule has 0 aromatic rings. The lowest BCUT2D eigenvalue weighted by molar-refractivity contribution is -0.230. The average molecular weight is 185 g/mol. The van der Waals surface area contributed by atoms with E-state index in [-0.39, 0.29) is 5.79 Å². The van der Waals surface area contributed by atoms with Crippen LogP contribution in [0.15, 0.2) is 0 Å². The topological polar surface area (TPSA) is 30.5 Å². The van der Waals surface area contributed by atoms with Gasteiger partial charge in [-0.15, -0.1) is 0 Å². The molecule has 0 aromatic carbocycles. The highest BCUT2D eigenvalue weighted by molar-refractivity contribution is 4.77. The first-order valence-electron chi connectivity index (χ1n) is 5.40. The van der Waals surface area contributed by atoms with Crippen LogP contribution in [0, 0.1) is 0 Å². The summed E-state index contributed by atoms with van der Waals surface area (Å²) in [5.74, 6) is -0.236. The molecule has 2 heterocycles. The van der Waals surface area contributed by atoms with E-state index < -0.39 is 0 Å². The second kappa shape index (κ2) is 4.40. The predicted octanol–water partition coefficient (Wildman–Crippen LogP) is 1.28. The fourth-order valence-electron chi connectivity index (χ4n) is 2.06. The Labute approximate surface area is 79.8 Å². The molecule has 2 rings (SSSR count). The molecule has 2 fully saturated rings. The summed E-state index contributed by atoms with van der Waals surface area (Å²) in [6.07, 6.45) is 5.53. The Morgan fingerprint density at radius 1 is 0.846 bits per heavy atom. The molecule has 3 nitrogen and oxygen atoms in total. The van der Waals surface area contributed by atoms with Crippen molar-refractivity contribution in [3.63, 3.8) is 0 Å². The van der Waals surface area contributed by atoms with Gasteiger partial charge in [-0.05, 0) is 25.8 Å². The lowest BCUT2D eigenvalue weighted by Crippen LogP contribution is -2.36. The van der Waals surface area contributed by atoms with E-state index in [1.165, 1.54) is 6.42 Å². The first-order chi connectivity index (χ1) is 6.41. The van der Waals surface area contributed by atoms with Crippen LogP contribution in [-0.2, 0) is 9.47 Å². The van der Waals surface area contributed by atoms with E-state index in [0.717, 1.165) is 52.0 Å². The van der Waals surface area contributed by atoms with Crippen molar-refractivity contribution < 1.29 is 9.47 Å². The van der Waals surface area contributed by atoms with Gasteiger partial charge in [-0.1, -0.05) is 0 Å². The maximum absolute atomic E-state index is 5.85. The first kappa shape index (κ1) is 9.44. The molecule has 0 unspecified atom stereocenters. The monoisotopic (exact) mass is 185 g/mol. The van der Waals surface area contributed by atoms with Gasteiger partial charge in [0, 0.05) is 19.4 Å². The van der Waals surface area contributed by atoms with Gasteiger partial charge >= 0.3 is 0 Å². The molecule has 13 heavy (non-hydrogen) atoms. The third-order valence-corrected chi connectivity index (χ3v) is 2.86. The standard InChI is InChI=1S/C10H19NO2/c1-2-9-13-10(12-8-1)4-3-6-11-7-5-10/h11H,1-9H2. The third-order valence-electron chi connectivity index (χ3n) is 2.86. The second-order valence-corrected chi connectivity index (χ2v) is 3.92. The van der Waals surface area contributed by atoms with Crippen molar-refractivity contribution in [3.8, 4) is 0 Å². The van der Waals surface area contributed by atoms with Crippen molar-refractivity contribution in [3.05, 3.63) is 0 Å². The summed E-state index contributed by atoms with van der Waals surface area (Å²) in [5.41, 5.74) is 0. The molecule has 76 valence electrons. The Hall–Kier alpha value is -0.120. The van der Waals surface area contributed by atoms with Crippen molar-refractivity contribution in [1.82, 2.24) is 5.32 Å². The van der Waals surface area contributed by atoms with Crippen LogP contribution in [0.3, 0.4) is 0 Å². The SMILES string of the molecule is C1CCOC2(CCCNCC2)OC1. The fourth-order valence-corrected chi connectivity index (χ4v) is 2.06. The van der Waals surface area contributed by atoms with Gasteiger partial charge in [0.15, 0.2) is 5.79 Å². The van der Waals surface area contributed by atoms with Crippen LogP contribution in [0.1, 0.15) is 32.1 Å². The fraction of sp³-hybridized carbons (Fsp3) is 1.00. The van der Waals surface area contributed by atoms with Crippen LogP contribution in [-0.4, -0.2) is 32.1 Å². The lowest BCUT2D eigenvalue weighted by atomic mass is 10.1. The van der Waals surface area contributed by atoms with Gasteiger partial charge in [0.2, 0.25) is 0 Å². The molecule has 1 spiro atoms.